The van der Waals surface area contributed by atoms with Gasteiger partial charge in [0.05, 0.1) is 17.9 Å². The van der Waals surface area contributed by atoms with Crippen LogP contribution in [0.3, 0.4) is 0 Å². The second-order valence-corrected chi connectivity index (χ2v) is 9.82. The first kappa shape index (κ1) is 25.7. The molecule has 6 rings (SSSR count). The van der Waals surface area contributed by atoms with Crippen molar-refractivity contribution in [3.63, 3.8) is 0 Å². The first-order chi connectivity index (χ1) is 19.5. The van der Waals surface area contributed by atoms with E-state index in [-0.39, 0.29) is 45.9 Å². The molecule has 0 saturated carbocycles. The van der Waals surface area contributed by atoms with E-state index in [1.807, 2.05) is 0 Å². The Morgan fingerprint density at radius 1 is 0.610 bits per heavy atom. The zero-order valence-electron chi connectivity index (χ0n) is 21.0. The van der Waals surface area contributed by atoms with Crippen LogP contribution in [-0.4, -0.2) is 47.3 Å². The van der Waals surface area contributed by atoms with E-state index in [0.717, 1.165) is 30.3 Å². The molecule has 0 radical (unpaired) electrons. The number of phenolic OH excluding ortho intramolecular Hbond substituents is 7. The third-order valence-corrected chi connectivity index (χ3v) is 7.24. The Morgan fingerprint density at radius 2 is 1.29 bits per heavy atom. The zero-order valence-corrected chi connectivity index (χ0v) is 21.0. The quantitative estimate of drug-likeness (QED) is 0.176. The molecule has 0 saturated heterocycles. The largest absolute Gasteiger partial charge is 0.508 e. The summed E-state index contributed by atoms with van der Waals surface area (Å²) < 4.78 is 12.2. The van der Waals surface area contributed by atoms with Gasteiger partial charge in [0.25, 0.3) is 0 Å². The minimum Gasteiger partial charge on any atom is -0.508 e. The number of carbonyl (C=O) groups is 2. The maximum atomic E-state index is 14.1. The molecule has 7 N–H and O–H groups in total. The molecule has 2 aliphatic heterocycles. The molecule has 0 amide bonds. The van der Waals surface area contributed by atoms with Crippen molar-refractivity contribution in [2.45, 2.75) is 24.5 Å². The van der Waals surface area contributed by atoms with Crippen LogP contribution in [0.2, 0.25) is 0 Å². The fraction of sp³-hybridized carbons (Fsp3) is 0.133. The first-order valence-electron chi connectivity index (χ1n) is 12.4. The lowest BCUT2D eigenvalue weighted by molar-refractivity contribution is 0.0738. The Bertz CT molecular complexity index is 1740. The molecule has 4 aromatic carbocycles. The zero-order chi connectivity index (χ0) is 29.2. The predicted molar refractivity (Wildman–Crippen MR) is 140 cm³/mol. The van der Waals surface area contributed by atoms with Crippen LogP contribution in [0, 0.1) is 0 Å². The summed E-state index contributed by atoms with van der Waals surface area (Å²) in [6, 6.07) is 12.5. The minimum atomic E-state index is -1.51. The molecule has 41 heavy (non-hydrogen) atoms. The molecule has 208 valence electrons. The van der Waals surface area contributed by atoms with Gasteiger partial charge in [-0.25, -0.2) is 0 Å². The minimum absolute atomic E-state index is 0.0123. The lowest BCUT2D eigenvalue weighted by Gasteiger charge is -2.36. The standard InChI is InChI=1S/C30H22O11/c31-14-4-1-12(2-5-14)22-11-21(38)24-19(36)10-20(37)26(30(24)40-22)27-28(39)25-18(35)8-15(32)9-23(25)41-29(27)13-3-6-16(33)17(34)7-13/h1-10,22,27,29,31-37H,11H2/t22-,27+,29+/m1/s1. The van der Waals surface area contributed by atoms with Crippen LogP contribution in [0.4, 0.5) is 0 Å². The fourth-order valence-electron chi connectivity index (χ4n) is 5.35. The fourth-order valence-corrected chi connectivity index (χ4v) is 5.35. The molecule has 3 atom stereocenters. The van der Waals surface area contributed by atoms with Crippen molar-refractivity contribution in [3.05, 3.63) is 88.5 Å². The number of aromatic hydroxyl groups is 7. The van der Waals surface area contributed by atoms with Gasteiger partial charge in [-0.1, -0.05) is 18.2 Å². The van der Waals surface area contributed by atoms with Crippen LogP contribution in [0.15, 0.2) is 60.7 Å². The molecule has 11 heteroatoms. The lowest BCUT2D eigenvalue weighted by Crippen LogP contribution is -2.32. The van der Waals surface area contributed by atoms with Gasteiger partial charge in [0.2, 0.25) is 0 Å². The van der Waals surface area contributed by atoms with E-state index < -0.39 is 64.2 Å². The summed E-state index contributed by atoms with van der Waals surface area (Å²) in [6.45, 7) is 0. The molecular formula is C30H22O11. The van der Waals surface area contributed by atoms with Crippen molar-refractivity contribution in [1.82, 2.24) is 0 Å². The molecule has 0 unspecified atom stereocenters. The molecular weight excluding hydrogens is 536 g/mol. The average Bonchev–Trinajstić information content (AvgIpc) is 2.90. The summed E-state index contributed by atoms with van der Waals surface area (Å²) >= 11 is 0. The monoisotopic (exact) mass is 558 g/mol. The van der Waals surface area contributed by atoms with E-state index >= 15 is 0 Å². The normalized spacial score (nSPS) is 19.6. The average molecular weight is 558 g/mol. The number of ketones is 2. The predicted octanol–water partition coefficient (Wildman–Crippen LogP) is 4.43. The van der Waals surface area contributed by atoms with Gasteiger partial charge in [0.1, 0.15) is 63.6 Å². The van der Waals surface area contributed by atoms with Crippen LogP contribution < -0.4 is 9.47 Å². The number of carbonyl (C=O) groups excluding carboxylic acids is 2. The number of hydrogen-bond acceptors (Lipinski definition) is 11. The van der Waals surface area contributed by atoms with Gasteiger partial charge in [-0.3, -0.25) is 9.59 Å². The van der Waals surface area contributed by atoms with E-state index in [1.54, 1.807) is 0 Å². The van der Waals surface area contributed by atoms with E-state index in [4.69, 9.17) is 9.47 Å². The Balaban J connectivity index is 1.58. The highest BCUT2D eigenvalue weighted by atomic mass is 16.5. The summed E-state index contributed by atoms with van der Waals surface area (Å²) in [6.07, 6.45) is -2.44. The van der Waals surface area contributed by atoms with Gasteiger partial charge < -0.3 is 45.2 Å². The van der Waals surface area contributed by atoms with Crippen molar-refractivity contribution in [3.8, 4) is 51.7 Å². The summed E-state index contributed by atoms with van der Waals surface area (Å²) in [5.74, 6) is -6.49. The second-order valence-electron chi connectivity index (χ2n) is 9.82. The highest BCUT2D eigenvalue weighted by Crippen LogP contribution is 2.55. The van der Waals surface area contributed by atoms with Crippen molar-refractivity contribution in [2.75, 3.05) is 0 Å². The van der Waals surface area contributed by atoms with Gasteiger partial charge in [0.15, 0.2) is 23.1 Å². The van der Waals surface area contributed by atoms with Crippen molar-refractivity contribution >= 4 is 11.6 Å². The van der Waals surface area contributed by atoms with Gasteiger partial charge in [-0.15, -0.1) is 0 Å². The van der Waals surface area contributed by atoms with Crippen molar-refractivity contribution < 1.29 is 54.8 Å². The maximum absolute atomic E-state index is 14.1. The van der Waals surface area contributed by atoms with E-state index in [1.165, 1.54) is 30.3 Å². The third-order valence-electron chi connectivity index (χ3n) is 7.24. The van der Waals surface area contributed by atoms with Gasteiger partial charge in [-0.05, 0) is 35.4 Å². The molecule has 0 aromatic heterocycles. The van der Waals surface area contributed by atoms with Crippen LogP contribution in [0.5, 0.6) is 51.7 Å². The molecule has 2 heterocycles. The SMILES string of the molecule is O=C1C[C@H](c2ccc(O)cc2)Oc2c1c(O)cc(O)c2[C@H]1C(=O)c2c(O)cc(O)cc2O[C@H]1c1ccc(O)c(O)c1. The number of hydrogen-bond donors (Lipinski definition) is 7. The molecule has 0 fully saturated rings. The summed E-state index contributed by atoms with van der Waals surface area (Å²) in [7, 11) is 0. The molecule has 4 aromatic rings. The van der Waals surface area contributed by atoms with Crippen LogP contribution in [-0.2, 0) is 0 Å². The van der Waals surface area contributed by atoms with E-state index in [2.05, 4.69) is 0 Å². The smallest absolute Gasteiger partial charge is 0.182 e. The highest BCUT2D eigenvalue weighted by Gasteiger charge is 2.46. The number of Topliss-reactive ketones (excluding diaryl/α,β-unsaturated/α-hetero) is 2. The van der Waals surface area contributed by atoms with Crippen molar-refractivity contribution in [2.24, 2.45) is 0 Å². The van der Waals surface area contributed by atoms with Gasteiger partial charge in [0, 0.05) is 18.2 Å². The topological polar surface area (TPSA) is 194 Å². The summed E-state index contributed by atoms with van der Waals surface area (Å²) in [5, 5.41) is 72.1. The van der Waals surface area contributed by atoms with Gasteiger partial charge in [-0.2, -0.15) is 0 Å². The Morgan fingerprint density at radius 3 is 2.00 bits per heavy atom. The van der Waals surface area contributed by atoms with E-state index in [0.29, 0.717) is 5.56 Å². The molecule has 0 bridgehead atoms. The van der Waals surface area contributed by atoms with Crippen molar-refractivity contribution in [1.29, 1.82) is 0 Å². The third kappa shape index (κ3) is 4.15. The molecule has 2 aliphatic rings. The first-order valence-corrected chi connectivity index (χ1v) is 12.4. The van der Waals surface area contributed by atoms with E-state index in [9.17, 15) is 45.3 Å². The Hall–Kier alpha value is -5.58. The molecule has 0 spiro atoms. The lowest BCUT2D eigenvalue weighted by atomic mass is 9.78. The number of fused-ring (bicyclic) bond motifs is 2. The maximum Gasteiger partial charge on any atom is 0.182 e. The number of ether oxygens (including phenoxy) is 2. The Kier molecular flexibility index (Phi) is 5.80. The van der Waals surface area contributed by atoms with Crippen LogP contribution in [0.25, 0.3) is 0 Å². The summed E-state index contributed by atoms with van der Waals surface area (Å²) in [5.41, 5.74) is -0.152. The molecule has 11 nitrogen and oxygen atoms in total. The number of rotatable bonds is 3. The summed E-state index contributed by atoms with van der Waals surface area (Å²) in [4.78, 5) is 27.4. The number of phenols is 7. The Labute approximate surface area is 231 Å². The number of benzene rings is 4. The van der Waals surface area contributed by atoms with Crippen LogP contribution in [0.1, 0.15) is 62.0 Å². The molecule has 0 aliphatic carbocycles. The van der Waals surface area contributed by atoms with Gasteiger partial charge >= 0.3 is 0 Å². The van der Waals surface area contributed by atoms with Crippen LogP contribution >= 0.6 is 0 Å². The highest BCUT2D eigenvalue weighted by molar-refractivity contribution is 6.09. The second kappa shape index (κ2) is 9.26.